The fourth-order valence-electron chi connectivity index (χ4n) is 0. The highest BCUT2D eigenvalue weighted by Crippen LogP contribution is 1.81. The first kappa shape index (κ1) is 11.5. The van der Waals surface area contributed by atoms with E-state index in [1.807, 2.05) is 20.8 Å². The third-order valence-corrected chi connectivity index (χ3v) is 0.591. The minimum absolute atomic E-state index is 0.116. The van der Waals surface area contributed by atoms with Crippen molar-refractivity contribution in [3.63, 3.8) is 0 Å². The smallest absolute Gasteiger partial charge is 0.0509 e. The molecule has 0 aliphatic carbocycles. The second-order valence-corrected chi connectivity index (χ2v) is 2.46. The van der Waals surface area contributed by atoms with Gasteiger partial charge in [0.1, 0.15) is 0 Å². The van der Waals surface area contributed by atoms with Gasteiger partial charge in [-0.25, -0.2) is 0 Å². The van der Waals surface area contributed by atoms with Crippen LogP contribution in [-0.2, 0) is 0 Å². The predicted octanol–water partition coefficient (Wildman–Crippen LogP) is 2.36. The Morgan fingerprint density at radius 3 is 1.67 bits per heavy atom. The number of hydrogen-bond donors (Lipinski definition) is 1. The second-order valence-electron chi connectivity index (χ2n) is 2.46. The first-order valence-electron chi connectivity index (χ1n) is 3.30. The summed E-state index contributed by atoms with van der Waals surface area (Å²) in [6.07, 6.45) is 0.745. The normalized spacial score (nSPS) is 11.2. The van der Waals surface area contributed by atoms with Crippen LogP contribution in [0.15, 0.2) is 12.2 Å². The predicted molar refractivity (Wildman–Crippen MR) is 42.5 cm³/mol. The number of allylic oxidation sites excluding steroid dienone is 1. The van der Waals surface area contributed by atoms with Crippen molar-refractivity contribution < 1.29 is 5.11 Å². The third-order valence-electron chi connectivity index (χ3n) is 0.591. The lowest BCUT2D eigenvalue weighted by molar-refractivity contribution is 0.191. The van der Waals surface area contributed by atoms with E-state index in [0.29, 0.717) is 0 Å². The summed E-state index contributed by atoms with van der Waals surface area (Å²) in [4.78, 5) is 0. The van der Waals surface area contributed by atoms with Crippen molar-refractivity contribution in [3.8, 4) is 0 Å². The summed E-state index contributed by atoms with van der Waals surface area (Å²) >= 11 is 0. The molecule has 9 heavy (non-hydrogen) atoms. The van der Waals surface area contributed by atoms with Crippen LogP contribution in [0, 0.1) is 0 Å². The molecule has 0 saturated heterocycles. The van der Waals surface area contributed by atoms with Gasteiger partial charge in [0.05, 0.1) is 6.10 Å². The van der Waals surface area contributed by atoms with Crippen LogP contribution in [0.1, 0.15) is 34.1 Å². The monoisotopic (exact) mass is 130 g/mol. The molecule has 1 atom stereocenters. The zero-order chi connectivity index (χ0) is 7.86. The second kappa shape index (κ2) is 7.70. The fraction of sp³-hybridized carbons (Fsp3) is 0.750. The molecule has 56 valence electrons. The molecule has 1 N–H and O–H groups in total. The molecule has 0 saturated carbocycles. The maximum absolute atomic E-state index is 8.36. The van der Waals surface area contributed by atoms with E-state index in [1.165, 1.54) is 5.57 Å². The maximum atomic E-state index is 8.36. The molecule has 1 heteroatoms. The highest BCUT2D eigenvalue weighted by atomic mass is 16.3. The molecule has 0 aromatic rings. The van der Waals surface area contributed by atoms with Crippen LogP contribution in [0.5, 0.6) is 0 Å². The molecule has 0 aliphatic rings. The number of rotatable bonds is 1. The summed E-state index contributed by atoms with van der Waals surface area (Å²) in [5.74, 6) is 0. The summed E-state index contributed by atoms with van der Waals surface area (Å²) in [6.45, 7) is 11.2. The average Bonchev–Trinajstić information content (AvgIpc) is 1.65. The molecule has 0 amide bonds. The van der Waals surface area contributed by atoms with Gasteiger partial charge in [-0.05, 0) is 27.2 Å². The van der Waals surface area contributed by atoms with Crippen LogP contribution < -0.4 is 0 Å². The zero-order valence-electron chi connectivity index (χ0n) is 6.94. The summed E-state index contributed by atoms with van der Waals surface area (Å²) < 4.78 is 0. The van der Waals surface area contributed by atoms with Crippen LogP contribution >= 0.6 is 0 Å². The summed E-state index contributed by atoms with van der Waals surface area (Å²) in [5.41, 5.74) is 1.17. The number of aliphatic hydroxyl groups excluding tert-OH is 1. The summed E-state index contributed by atoms with van der Waals surface area (Å²) in [7, 11) is 0. The van der Waals surface area contributed by atoms with Gasteiger partial charge in [-0.15, -0.1) is 6.58 Å². The van der Waals surface area contributed by atoms with Gasteiger partial charge in [-0.3, -0.25) is 0 Å². The van der Waals surface area contributed by atoms with Crippen molar-refractivity contribution in [2.24, 2.45) is 0 Å². The molecular formula is C8H18O. The van der Waals surface area contributed by atoms with E-state index >= 15 is 0 Å². The van der Waals surface area contributed by atoms with Crippen molar-refractivity contribution in [1.29, 1.82) is 0 Å². The molecule has 0 aliphatic heterocycles. The molecule has 0 bridgehead atoms. The van der Waals surface area contributed by atoms with E-state index in [9.17, 15) is 0 Å². The molecular weight excluding hydrogens is 112 g/mol. The van der Waals surface area contributed by atoms with Crippen molar-refractivity contribution in [3.05, 3.63) is 12.2 Å². The van der Waals surface area contributed by atoms with E-state index in [-0.39, 0.29) is 6.10 Å². The molecule has 0 heterocycles. The minimum atomic E-state index is -0.116. The van der Waals surface area contributed by atoms with Crippen molar-refractivity contribution >= 4 is 0 Å². The molecule has 0 spiro atoms. The maximum Gasteiger partial charge on any atom is 0.0509 e. The Hall–Kier alpha value is -0.300. The minimum Gasteiger partial charge on any atom is -0.393 e. The van der Waals surface area contributed by atoms with Crippen LogP contribution in [0.2, 0.25) is 0 Å². The SMILES string of the molecule is C=C(C)C.CCC(C)O. The Balaban J connectivity index is 0. The lowest BCUT2D eigenvalue weighted by Crippen LogP contribution is -1.93. The van der Waals surface area contributed by atoms with Gasteiger partial charge in [0.25, 0.3) is 0 Å². The van der Waals surface area contributed by atoms with Crippen molar-refractivity contribution in [2.75, 3.05) is 0 Å². The first-order valence-corrected chi connectivity index (χ1v) is 3.30. The lowest BCUT2D eigenvalue weighted by atomic mass is 10.3. The van der Waals surface area contributed by atoms with Crippen LogP contribution in [0.25, 0.3) is 0 Å². The van der Waals surface area contributed by atoms with Gasteiger partial charge >= 0.3 is 0 Å². The molecule has 0 radical (unpaired) electrons. The van der Waals surface area contributed by atoms with Crippen LogP contribution in [0.4, 0.5) is 0 Å². The van der Waals surface area contributed by atoms with Crippen molar-refractivity contribution in [2.45, 2.75) is 40.2 Å². The van der Waals surface area contributed by atoms with Crippen LogP contribution in [0.3, 0.4) is 0 Å². The van der Waals surface area contributed by atoms with Crippen LogP contribution in [-0.4, -0.2) is 11.2 Å². The summed E-state index contributed by atoms with van der Waals surface area (Å²) in [6, 6.07) is 0. The quantitative estimate of drug-likeness (QED) is 0.540. The topological polar surface area (TPSA) is 20.2 Å². The highest BCUT2D eigenvalue weighted by molar-refractivity contribution is 4.78. The van der Waals surface area contributed by atoms with Gasteiger partial charge in [0, 0.05) is 0 Å². The fourth-order valence-corrected chi connectivity index (χ4v) is 0. The molecule has 0 fully saturated rings. The molecule has 0 rings (SSSR count). The van der Waals surface area contributed by atoms with E-state index < -0.39 is 0 Å². The zero-order valence-corrected chi connectivity index (χ0v) is 6.94. The van der Waals surface area contributed by atoms with Gasteiger partial charge in [0.15, 0.2) is 0 Å². The van der Waals surface area contributed by atoms with Gasteiger partial charge < -0.3 is 5.11 Å². The lowest BCUT2D eigenvalue weighted by Gasteiger charge is -1.90. The average molecular weight is 130 g/mol. The summed E-state index contributed by atoms with van der Waals surface area (Å²) in [5, 5.41) is 8.36. The highest BCUT2D eigenvalue weighted by Gasteiger charge is 1.81. The Morgan fingerprint density at radius 2 is 1.67 bits per heavy atom. The van der Waals surface area contributed by atoms with Gasteiger partial charge in [-0.2, -0.15) is 0 Å². The molecule has 1 unspecified atom stereocenters. The van der Waals surface area contributed by atoms with Gasteiger partial charge in [-0.1, -0.05) is 12.5 Å². The third kappa shape index (κ3) is 86.6. The van der Waals surface area contributed by atoms with Crippen molar-refractivity contribution in [1.82, 2.24) is 0 Å². The van der Waals surface area contributed by atoms with E-state index in [1.54, 1.807) is 6.92 Å². The Bertz CT molecular complexity index is 61.0. The molecule has 0 aromatic carbocycles. The Labute approximate surface area is 58.4 Å². The van der Waals surface area contributed by atoms with E-state index in [4.69, 9.17) is 5.11 Å². The molecule has 1 nitrogen and oxygen atoms in total. The largest absolute Gasteiger partial charge is 0.393 e. The number of aliphatic hydroxyl groups is 1. The van der Waals surface area contributed by atoms with E-state index in [0.717, 1.165) is 6.42 Å². The number of hydrogen-bond acceptors (Lipinski definition) is 1. The molecule has 0 aromatic heterocycles. The van der Waals surface area contributed by atoms with Gasteiger partial charge in [0.2, 0.25) is 0 Å². The first-order chi connectivity index (χ1) is 4.00. The Kier molecular flexibility index (Phi) is 9.83. The van der Waals surface area contributed by atoms with E-state index in [2.05, 4.69) is 6.58 Å². The Morgan fingerprint density at radius 1 is 1.56 bits per heavy atom. The standard InChI is InChI=1S/C4H10O.C4H8/c1-3-4(2)5;1-4(2)3/h4-5H,3H2,1-2H3;1H2,2-3H3.